The van der Waals surface area contributed by atoms with Crippen LogP contribution in [-0.2, 0) is 9.59 Å². The lowest BCUT2D eigenvalue weighted by molar-refractivity contribution is -0.143. The van der Waals surface area contributed by atoms with E-state index in [1.807, 2.05) is 36.4 Å². The number of amides is 2. The molecule has 0 bridgehead atoms. The molecule has 3 rings (SSSR count). The molecular weight excluding hydrogens is 332 g/mol. The molecule has 2 aromatic rings. The summed E-state index contributed by atoms with van der Waals surface area (Å²) in [6.07, 6.45) is 0.832. The average Bonchev–Trinajstić information content (AvgIpc) is 3.43. The van der Waals surface area contributed by atoms with Crippen LogP contribution in [0.1, 0.15) is 41.2 Å². The molecule has 26 heavy (non-hydrogen) atoms. The number of carboxylic acids is 1. The first-order valence-corrected chi connectivity index (χ1v) is 8.45. The number of hydrogen-bond acceptors (Lipinski definition) is 3. The Morgan fingerprint density at radius 1 is 0.962 bits per heavy atom. The van der Waals surface area contributed by atoms with Crippen LogP contribution < -0.4 is 10.6 Å². The summed E-state index contributed by atoms with van der Waals surface area (Å²) in [6, 6.07) is 17.4. The summed E-state index contributed by atoms with van der Waals surface area (Å²) in [7, 11) is 0. The van der Waals surface area contributed by atoms with Gasteiger partial charge in [0.15, 0.2) is 0 Å². The maximum absolute atomic E-state index is 12.5. The van der Waals surface area contributed by atoms with E-state index in [0.717, 1.165) is 5.56 Å². The number of carbonyl (C=O) groups excluding carboxylic acids is 2. The van der Waals surface area contributed by atoms with Crippen LogP contribution in [0.3, 0.4) is 0 Å². The Morgan fingerprint density at radius 2 is 1.54 bits per heavy atom. The second-order valence-corrected chi connectivity index (χ2v) is 6.44. The minimum Gasteiger partial charge on any atom is -0.480 e. The van der Waals surface area contributed by atoms with Crippen molar-refractivity contribution in [3.05, 3.63) is 71.8 Å². The van der Waals surface area contributed by atoms with Crippen LogP contribution in [-0.4, -0.2) is 28.4 Å². The number of hydrogen-bond donors (Lipinski definition) is 3. The molecule has 1 aliphatic rings. The van der Waals surface area contributed by atoms with Gasteiger partial charge in [0, 0.05) is 5.56 Å². The Morgan fingerprint density at radius 3 is 2.08 bits per heavy atom. The number of aliphatic carboxylic acids is 1. The highest BCUT2D eigenvalue weighted by Gasteiger charge is 2.51. The monoisotopic (exact) mass is 352 g/mol. The van der Waals surface area contributed by atoms with E-state index in [2.05, 4.69) is 10.6 Å². The molecule has 0 aliphatic heterocycles. The molecule has 0 aromatic heterocycles. The molecule has 2 amide bonds. The molecule has 1 atom stereocenters. The summed E-state index contributed by atoms with van der Waals surface area (Å²) in [6.45, 7) is 0. The number of rotatable bonds is 7. The van der Waals surface area contributed by atoms with Gasteiger partial charge in [-0.1, -0.05) is 48.5 Å². The van der Waals surface area contributed by atoms with Gasteiger partial charge in [0.25, 0.3) is 5.91 Å². The summed E-state index contributed by atoms with van der Waals surface area (Å²) in [5, 5.41) is 14.7. The zero-order valence-electron chi connectivity index (χ0n) is 14.1. The first-order chi connectivity index (χ1) is 12.5. The van der Waals surface area contributed by atoms with Crippen molar-refractivity contribution in [3.8, 4) is 0 Å². The molecule has 1 saturated carbocycles. The van der Waals surface area contributed by atoms with Crippen molar-refractivity contribution >= 4 is 17.8 Å². The van der Waals surface area contributed by atoms with E-state index in [0.29, 0.717) is 18.4 Å². The molecule has 134 valence electrons. The van der Waals surface area contributed by atoms with Gasteiger partial charge < -0.3 is 15.7 Å². The van der Waals surface area contributed by atoms with Crippen molar-refractivity contribution in [2.45, 2.75) is 30.8 Å². The van der Waals surface area contributed by atoms with Crippen LogP contribution in [0.5, 0.6) is 0 Å². The Labute approximate surface area is 151 Å². The Kier molecular flexibility index (Phi) is 5.02. The predicted octanol–water partition coefficient (Wildman–Crippen LogP) is 2.28. The maximum Gasteiger partial charge on any atom is 0.329 e. The SMILES string of the molecule is O=C(CC(NC(=O)c1ccccc1)c1ccccc1)NC1(C(=O)O)CC1. The van der Waals surface area contributed by atoms with E-state index < -0.39 is 23.5 Å². The fourth-order valence-electron chi connectivity index (χ4n) is 2.79. The van der Waals surface area contributed by atoms with Gasteiger partial charge >= 0.3 is 5.97 Å². The summed E-state index contributed by atoms with van der Waals surface area (Å²) in [5.74, 6) is -1.70. The second-order valence-electron chi connectivity index (χ2n) is 6.44. The fraction of sp³-hybridized carbons (Fsp3) is 0.250. The first-order valence-electron chi connectivity index (χ1n) is 8.45. The van der Waals surface area contributed by atoms with Gasteiger partial charge in [0.2, 0.25) is 5.91 Å². The molecule has 0 saturated heterocycles. The molecule has 0 radical (unpaired) electrons. The summed E-state index contributed by atoms with van der Waals surface area (Å²) in [5.41, 5.74) is 0.145. The summed E-state index contributed by atoms with van der Waals surface area (Å²) >= 11 is 0. The normalized spacial score (nSPS) is 15.5. The van der Waals surface area contributed by atoms with Crippen LogP contribution in [0.2, 0.25) is 0 Å². The number of carbonyl (C=O) groups is 3. The summed E-state index contributed by atoms with van der Waals surface area (Å²) < 4.78 is 0. The topological polar surface area (TPSA) is 95.5 Å². The highest BCUT2D eigenvalue weighted by atomic mass is 16.4. The van der Waals surface area contributed by atoms with Crippen molar-refractivity contribution < 1.29 is 19.5 Å². The molecule has 1 unspecified atom stereocenters. The molecule has 0 spiro atoms. The third-order valence-electron chi connectivity index (χ3n) is 4.47. The van der Waals surface area contributed by atoms with Gasteiger partial charge in [-0.15, -0.1) is 0 Å². The van der Waals surface area contributed by atoms with Gasteiger partial charge in [-0.3, -0.25) is 9.59 Å². The summed E-state index contributed by atoms with van der Waals surface area (Å²) in [4.78, 5) is 36.1. The van der Waals surface area contributed by atoms with E-state index in [1.54, 1.807) is 24.3 Å². The predicted molar refractivity (Wildman–Crippen MR) is 95.5 cm³/mol. The lowest BCUT2D eigenvalue weighted by atomic mass is 10.0. The Bertz CT molecular complexity index is 801. The number of carboxylic acid groups (broad SMARTS) is 1. The minimum absolute atomic E-state index is 0.0301. The average molecular weight is 352 g/mol. The van der Waals surface area contributed by atoms with Crippen LogP contribution in [0, 0.1) is 0 Å². The zero-order valence-corrected chi connectivity index (χ0v) is 14.1. The smallest absolute Gasteiger partial charge is 0.329 e. The van der Waals surface area contributed by atoms with Gasteiger partial charge in [-0.05, 0) is 30.5 Å². The van der Waals surface area contributed by atoms with Crippen LogP contribution in [0.25, 0.3) is 0 Å². The largest absolute Gasteiger partial charge is 0.480 e. The third kappa shape index (κ3) is 4.08. The van der Waals surface area contributed by atoms with Crippen molar-refractivity contribution in [2.24, 2.45) is 0 Å². The minimum atomic E-state index is -1.14. The third-order valence-corrected chi connectivity index (χ3v) is 4.47. The van der Waals surface area contributed by atoms with Crippen molar-refractivity contribution in [1.29, 1.82) is 0 Å². The van der Waals surface area contributed by atoms with Gasteiger partial charge in [-0.2, -0.15) is 0 Å². The number of benzene rings is 2. The molecule has 6 heteroatoms. The number of nitrogens with one attached hydrogen (secondary N) is 2. The van der Waals surface area contributed by atoms with Gasteiger partial charge in [0.1, 0.15) is 5.54 Å². The maximum atomic E-state index is 12.5. The van der Waals surface area contributed by atoms with Crippen molar-refractivity contribution in [1.82, 2.24) is 10.6 Å². The van der Waals surface area contributed by atoms with E-state index in [-0.39, 0.29) is 12.3 Å². The molecule has 0 heterocycles. The molecule has 1 aliphatic carbocycles. The van der Waals surface area contributed by atoms with E-state index in [4.69, 9.17) is 0 Å². The molecule has 3 N–H and O–H groups in total. The van der Waals surface area contributed by atoms with E-state index in [9.17, 15) is 19.5 Å². The molecule has 2 aromatic carbocycles. The van der Waals surface area contributed by atoms with Crippen LogP contribution >= 0.6 is 0 Å². The van der Waals surface area contributed by atoms with Gasteiger partial charge in [-0.25, -0.2) is 4.79 Å². The molecule has 1 fully saturated rings. The van der Waals surface area contributed by atoms with Crippen molar-refractivity contribution in [2.75, 3.05) is 0 Å². The quantitative estimate of drug-likeness (QED) is 0.712. The lowest BCUT2D eigenvalue weighted by Crippen LogP contribution is -2.44. The van der Waals surface area contributed by atoms with Crippen LogP contribution in [0.4, 0.5) is 0 Å². The van der Waals surface area contributed by atoms with Gasteiger partial charge in [0.05, 0.1) is 12.5 Å². The first kappa shape index (κ1) is 17.7. The Hall–Kier alpha value is -3.15. The highest BCUT2D eigenvalue weighted by molar-refractivity contribution is 5.95. The van der Waals surface area contributed by atoms with Crippen LogP contribution in [0.15, 0.2) is 60.7 Å². The van der Waals surface area contributed by atoms with E-state index >= 15 is 0 Å². The molecule has 6 nitrogen and oxygen atoms in total. The zero-order chi connectivity index (χ0) is 18.6. The lowest BCUT2D eigenvalue weighted by Gasteiger charge is -2.20. The van der Waals surface area contributed by atoms with Crippen molar-refractivity contribution in [3.63, 3.8) is 0 Å². The van der Waals surface area contributed by atoms with E-state index in [1.165, 1.54) is 0 Å². The highest BCUT2D eigenvalue weighted by Crippen LogP contribution is 2.35. The Balaban J connectivity index is 1.73. The fourth-order valence-corrected chi connectivity index (χ4v) is 2.79. The standard InChI is InChI=1S/C20H20N2O4/c23-17(22-20(11-12-20)19(25)26)13-16(14-7-3-1-4-8-14)21-18(24)15-9-5-2-6-10-15/h1-10,16H,11-13H2,(H,21,24)(H,22,23)(H,25,26). The second kappa shape index (κ2) is 7.39. The molecular formula is C20H20N2O4.